The number of aromatic amines is 1. The first-order chi connectivity index (χ1) is 12.8. The van der Waals surface area contributed by atoms with Crippen molar-refractivity contribution >= 4 is 11.5 Å². The molecule has 0 saturated heterocycles. The Hall–Kier alpha value is -3.24. The molecule has 2 aromatic heterocycles. The number of carbonyl (C=O) groups is 1. The van der Waals surface area contributed by atoms with Crippen LogP contribution in [0.1, 0.15) is 27.2 Å². The van der Waals surface area contributed by atoms with Crippen LogP contribution in [-0.4, -0.2) is 31.9 Å². The van der Waals surface area contributed by atoms with Crippen LogP contribution in [0.25, 0.3) is 16.8 Å². The molecule has 3 aromatic rings. The first kappa shape index (κ1) is 19.5. The van der Waals surface area contributed by atoms with E-state index >= 15 is 0 Å². The standard InChI is InChI=1S/C17H12F5N3O3/c1-7-3-4-9(5-8(7)2)10-6-25-13(14(26)23-10)11(12(24-25)15(27)28)16(18,19)17(20,21)22/h3-6H,1-2H3,(H,23,26)(H,27,28). The lowest BCUT2D eigenvalue weighted by Gasteiger charge is -2.19. The zero-order chi connectivity index (χ0) is 21.0. The Morgan fingerprint density at radius 2 is 1.79 bits per heavy atom. The van der Waals surface area contributed by atoms with Crippen molar-refractivity contribution in [2.45, 2.75) is 25.9 Å². The molecular formula is C17H12F5N3O3. The number of H-pyrrole nitrogens is 1. The summed E-state index contributed by atoms with van der Waals surface area (Å²) in [4.78, 5) is 25.8. The van der Waals surface area contributed by atoms with E-state index in [2.05, 4.69) is 10.1 Å². The van der Waals surface area contributed by atoms with E-state index in [0.29, 0.717) is 10.1 Å². The Bertz CT molecular complexity index is 1160. The molecule has 0 fully saturated rings. The monoisotopic (exact) mass is 401 g/mol. The van der Waals surface area contributed by atoms with Gasteiger partial charge < -0.3 is 10.1 Å². The van der Waals surface area contributed by atoms with E-state index in [0.717, 1.165) is 17.3 Å². The topological polar surface area (TPSA) is 87.5 Å². The molecule has 0 unspecified atom stereocenters. The fraction of sp³-hybridized carbons (Fsp3) is 0.235. The van der Waals surface area contributed by atoms with E-state index in [1.165, 1.54) is 0 Å². The molecule has 2 N–H and O–H groups in total. The quantitative estimate of drug-likeness (QED) is 0.656. The number of aromatic nitrogens is 3. The van der Waals surface area contributed by atoms with E-state index in [4.69, 9.17) is 5.11 Å². The average Bonchev–Trinajstić information content (AvgIpc) is 2.97. The van der Waals surface area contributed by atoms with Gasteiger partial charge in [0.2, 0.25) is 0 Å². The van der Waals surface area contributed by atoms with Crippen molar-refractivity contribution in [3.63, 3.8) is 0 Å². The molecule has 11 heteroatoms. The predicted molar refractivity (Wildman–Crippen MR) is 87.6 cm³/mol. The van der Waals surface area contributed by atoms with Crippen LogP contribution in [-0.2, 0) is 5.92 Å². The molecular weight excluding hydrogens is 389 g/mol. The summed E-state index contributed by atoms with van der Waals surface area (Å²) in [5, 5.41) is 12.3. The summed E-state index contributed by atoms with van der Waals surface area (Å²) in [5.41, 5.74) is -3.77. The molecule has 3 rings (SSSR count). The van der Waals surface area contributed by atoms with Crippen LogP contribution in [0.2, 0.25) is 0 Å². The molecule has 2 heterocycles. The number of hydrogen-bond donors (Lipinski definition) is 2. The molecule has 0 amide bonds. The van der Waals surface area contributed by atoms with Crippen molar-refractivity contribution in [2.75, 3.05) is 0 Å². The number of rotatable bonds is 3. The van der Waals surface area contributed by atoms with Gasteiger partial charge in [0.25, 0.3) is 5.56 Å². The van der Waals surface area contributed by atoms with Gasteiger partial charge in [-0.15, -0.1) is 0 Å². The fourth-order valence-corrected chi connectivity index (χ4v) is 2.73. The summed E-state index contributed by atoms with van der Waals surface area (Å²) in [6, 6.07) is 4.99. The third-order valence-corrected chi connectivity index (χ3v) is 4.32. The number of alkyl halides is 5. The Morgan fingerprint density at radius 3 is 2.32 bits per heavy atom. The molecule has 0 saturated carbocycles. The third kappa shape index (κ3) is 2.92. The maximum absolute atomic E-state index is 14.0. The number of nitrogens with zero attached hydrogens (tertiary/aromatic N) is 2. The fourth-order valence-electron chi connectivity index (χ4n) is 2.73. The highest BCUT2D eigenvalue weighted by Gasteiger charge is 2.62. The molecule has 0 radical (unpaired) electrons. The largest absolute Gasteiger partial charge is 0.476 e. The van der Waals surface area contributed by atoms with Crippen LogP contribution in [0, 0.1) is 13.8 Å². The number of nitrogens with one attached hydrogen (secondary N) is 1. The maximum atomic E-state index is 14.0. The van der Waals surface area contributed by atoms with Crippen molar-refractivity contribution in [3.8, 4) is 11.3 Å². The molecule has 6 nitrogen and oxygen atoms in total. The minimum absolute atomic E-state index is 0.0712. The predicted octanol–water partition coefficient (Wildman–Crippen LogP) is 3.66. The Morgan fingerprint density at radius 1 is 1.14 bits per heavy atom. The minimum atomic E-state index is -6.11. The summed E-state index contributed by atoms with van der Waals surface area (Å²) >= 11 is 0. The van der Waals surface area contributed by atoms with E-state index in [9.17, 15) is 31.5 Å². The number of hydrogen-bond acceptors (Lipinski definition) is 3. The molecule has 0 bridgehead atoms. The molecule has 1 aromatic carbocycles. The number of aromatic carboxylic acids is 1. The number of aryl methyl sites for hydroxylation is 2. The third-order valence-electron chi connectivity index (χ3n) is 4.32. The van der Waals surface area contributed by atoms with Gasteiger partial charge in [-0.1, -0.05) is 12.1 Å². The molecule has 0 atom stereocenters. The number of carboxylic acid groups (broad SMARTS) is 1. The van der Waals surface area contributed by atoms with Gasteiger partial charge in [0.15, 0.2) is 5.69 Å². The zero-order valence-electron chi connectivity index (χ0n) is 14.4. The summed E-state index contributed by atoms with van der Waals surface area (Å²) in [7, 11) is 0. The number of halogens is 5. The van der Waals surface area contributed by atoms with Gasteiger partial charge >= 0.3 is 18.1 Å². The van der Waals surface area contributed by atoms with Crippen LogP contribution >= 0.6 is 0 Å². The van der Waals surface area contributed by atoms with Crippen LogP contribution in [0.5, 0.6) is 0 Å². The summed E-state index contributed by atoms with van der Waals surface area (Å²) in [6.45, 7) is 3.62. The van der Waals surface area contributed by atoms with E-state index in [1.807, 2.05) is 6.92 Å². The second-order valence-corrected chi connectivity index (χ2v) is 6.19. The van der Waals surface area contributed by atoms with Gasteiger partial charge in [-0.25, -0.2) is 9.31 Å². The summed E-state index contributed by atoms with van der Waals surface area (Å²) < 4.78 is 66.8. The minimum Gasteiger partial charge on any atom is -0.476 e. The molecule has 0 spiro atoms. The van der Waals surface area contributed by atoms with Crippen molar-refractivity contribution in [1.82, 2.24) is 14.6 Å². The van der Waals surface area contributed by atoms with E-state index in [-0.39, 0.29) is 5.69 Å². The van der Waals surface area contributed by atoms with Crippen LogP contribution in [0.4, 0.5) is 22.0 Å². The van der Waals surface area contributed by atoms with Gasteiger partial charge in [0, 0.05) is 0 Å². The normalized spacial score (nSPS) is 12.5. The Balaban J connectivity index is 2.35. The highest BCUT2D eigenvalue weighted by molar-refractivity contribution is 5.90. The van der Waals surface area contributed by atoms with E-state index < -0.39 is 40.4 Å². The van der Waals surface area contributed by atoms with Crippen molar-refractivity contribution < 1.29 is 31.9 Å². The number of fused-ring (bicyclic) bond motifs is 1. The first-order valence-corrected chi connectivity index (χ1v) is 7.76. The highest BCUT2D eigenvalue weighted by Crippen LogP contribution is 2.46. The summed E-state index contributed by atoms with van der Waals surface area (Å²) in [5.74, 6) is -7.70. The Kier molecular flexibility index (Phi) is 4.28. The van der Waals surface area contributed by atoms with Crippen LogP contribution in [0.3, 0.4) is 0 Å². The van der Waals surface area contributed by atoms with Crippen molar-refractivity contribution in [2.24, 2.45) is 0 Å². The molecule has 0 aliphatic rings. The van der Waals surface area contributed by atoms with Gasteiger partial charge in [-0.05, 0) is 36.6 Å². The lowest BCUT2D eigenvalue weighted by atomic mass is 10.0. The molecule has 28 heavy (non-hydrogen) atoms. The van der Waals surface area contributed by atoms with Crippen molar-refractivity contribution in [1.29, 1.82) is 0 Å². The smallest absolute Gasteiger partial charge is 0.458 e. The van der Waals surface area contributed by atoms with Gasteiger partial charge in [-0.3, -0.25) is 4.79 Å². The van der Waals surface area contributed by atoms with Gasteiger partial charge in [0.1, 0.15) is 5.52 Å². The highest BCUT2D eigenvalue weighted by atomic mass is 19.4. The zero-order valence-corrected chi connectivity index (χ0v) is 14.4. The number of carboxylic acids is 1. The summed E-state index contributed by atoms with van der Waals surface area (Å²) in [6.07, 6.45) is -5.12. The average molecular weight is 401 g/mol. The van der Waals surface area contributed by atoms with E-state index in [1.54, 1.807) is 25.1 Å². The lowest BCUT2D eigenvalue weighted by Crippen LogP contribution is -2.35. The SMILES string of the molecule is Cc1ccc(-c2cn3nc(C(=O)O)c(C(F)(F)C(F)(F)F)c3c(=O)[nH]2)cc1C. The Labute approximate surface area is 153 Å². The first-order valence-electron chi connectivity index (χ1n) is 7.76. The number of benzene rings is 1. The maximum Gasteiger partial charge on any atom is 0.458 e. The lowest BCUT2D eigenvalue weighted by molar-refractivity contribution is -0.288. The second-order valence-electron chi connectivity index (χ2n) is 6.19. The second kappa shape index (κ2) is 6.14. The van der Waals surface area contributed by atoms with Crippen molar-refractivity contribution in [3.05, 3.63) is 57.1 Å². The molecule has 148 valence electrons. The van der Waals surface area contributed by atoms with Crippen LogP contribution < -0.4 is 5.56 Å². The molecule has 0 aliphatic carbocycles. The van der Waals surface area contributed by atoms with Gasteiger partial charge in [0.05, 0.1) is 17.5 Å². The van der Waals surface area contributed by atoms with Crippen LogP contribution in [0.15, 0.2) is 29.2 Å². The van der Waals surface area contributed by atoms with Gasteiger partial charge in [-0.2, -0.15) is 27.1 Å². The molecule has 0 aliphatic heterocycles.